The van der Waals surface area contributed by atoms with E-state index < -0.39 is 0 Å². The highest BCUT2D eigenvalue weighted by Crippen LogP contribution is 2.15. The van der Waals surface area contributed by atoms with Crippen molar-refractivity contribution in [2.45, 2.75) is 0 Å². The largest absolute Gasteiger partial charge is 0.484 e. The highest BCUT2D eigenvalue weighted by Gasteiger charge is 2.03. The topological polar surface area (TPSA) is 64.3 Å². The van der Waals surface area contributed by atoms with Crippen molar-refractivity contribution in [3.63, 3.8) is 0 Å². The van der Waals surface area contributed by atoms with E-state index in [1.165, 1.54) is 0 Å². The first-order chi connectivity index (χ1) is 9.13. The summed E-state index contributed by atoms with van der Waals surface area (Å²) >= 11 is 3.33. The number of nitrogens with two attached hydrogens (primary N) is 1. The summed E-state index contributed by atoms with van der Waals surface area (Å²) < 4.78 is 6.30. The van der Waals surface area contributed by atoms with Gasteiger partial charge in [-0.05, 0) is 48.5 Å². The van der Waals surface area contributed by atoms with Crippen molar-refractivity contribution in [3.05, 3.63) is 53.0 Å². The summed E-state index contributed by atoms with van der Waals surface area (Å²) in [5, 5.41) is 2.74. The number of rotatable bonds is 4. The summed E-state index contributed by atoms with van der Waals surface area (Å²) in [5.74, 6) is 0.402. The molecule has 0 aliphatic carbocycles. The molecule has 0 aromatic heterocycles. The third kappa shape index (κ3) is 4.30. The van der Waals surface area contributed by atoms with Crippen molar-refractivity contribution in [3.8, 4) is 5.75 Å². The minimum Gasteiger partial charge on any atom is -0.484 e. The molecule has 1 amide bonds. The van der Waals surface area contributed by atoms with E-state index in [4.69, 9.17) is 10.5 Å². The van der Waals surface area contributed by atoms with Gasteiger partial charge in [0.1, 0.15) is 5.75 Å². The van der Waals surface area contributed by atoms with Gasteiger partial charge in [-0.3, -0.25) is 4.79 Å². The molecule has 0 fully saturated rings. The van der Waals surface area contributed by atoms with Gasteiger partial charge in [-0.25, -0.2) is 0 Å². The number of anilines is 2. The molecule has 0 radical (unpaired) electrons. The van der Waals surface area contributed by atoms with E-state index in [0.29, 0.717) is 11.4 Å². The van der Waals surface area contributed by atoms with Crippen LogP contribution in [0.1, 0.15) is 0 Å². The van der Waals surface area contributed by atoms with E-state index in [1.54, 1.807) is 24.3 Å². The molecule has 2 rings (SSSR count). The van der Waals surface area contributed by atoms with Crippen molar-refractivity contribution < 1.29 is 9.53 Å². The number of halogens is 1. The van der Waals surface area contributed by atoms with Crippen LogP contribution in [0.3, 0.4) is 0 Å². The molecule has 0 unspecified atom stereocenters. The lowest BCUT2D eigenvalue weighted by atomic mass is 10.3. The summed E-state index contributed by atoms with van der Waals surface area (Å²) in [6.07, 6.45) is 0. The molecule has 0 aliphatic heterocycles. The number of amides is 1. The molecule has 98 valence electrons. The number of carbonyl (C=O) groups excluding carboxylic acids is 1. The smallest absolute Gasteiger partial charge is 0.262 e. The average molecular weight is 321 g/mol. The molecule has 0 spiro atoms. The van der Waals surface area contributed by atoms with Crippen molar-refractivity contribution in [1.29, 1.82) is 0 Å². The van der Waals surface area contributed by atoms with Crippen LogP contribution >= 0.6 is 15.9 Å². The van der Waals surface area contributed by atoms with Crippen LogP contribution in [0.25, 0.3) is 0 Å². The predicted molar refractivity (Wildman–Crippen MR) is 79.1 cm³/mol. The first-order valence-electron chi connectivity index (χ1n) is 5.67. The third-order valence-corrected chi connectivity index (χ3v) is 2.91. The third-order valence-electron chi connectivity index (χ3n) is 2.38. The number of hydrogen-bond acceptors (Lipinski definition) is 3. The van der Waals surface area contributed by atoms with Crippen LogP contribution in [-0.2, 0) is 4.79 Å². The maximum absolute atomic E-state index is 11.7. The van der Waals surface area contributed by atoms with Crippen LogP contribution in [0.4, 0.5) is 11.4 Å². The fraction of sp³-hybridized carbons (Fsp3) is 0.0714. The fourth-order valence-electron chi connectivity index (χ4n) is 1.44. The number of nitrogens with one attached hydrogen (secondary N) is 1. The van der Waals surface area contributed by atoms with Crippen LogP contribution in [0.2, 0.25) is 0 Å². The Morgan fingerprint density at radius 3 is 2.37 bits per heavy atom. The second-order valence-corrected chi connectivity index (χ2v) is 4.83. The molecule has 2 aromatic carbocycles. The molecule has 0 heterocycles. The van der Waals surface area contributed by atoms with Crippen LogP contribution in [0.15, 0.2) is 53.0 Å². The van der Waals surface area contributed by atoms with Gasteiger partial charge in [0.2, 0.25) is 0 Å². The minimum atomic E-state index is -0.209. The van der Waals surface area contributed by atoms with Gasteiger partial charge in [0.25, 0.3) is 5.91 Å². The van der Waals surface area contributed by atoms with Crippen LogP contribution < -0.4 is 15.8 Å². The van der Waals surface area contributed by atoms with Gasteiger partial charge >= 0.3 is 0 Å². The predicted octanol–water partition coefficient (Wildman–Crippen LogP) is 3.05. The molecule has 0 atom stereocenters. The Labute approximate surface area is 119 Å². The zero-order valence-electron chi connectivity index (χ0n) is 10.1. The Hall–Kier alpha value is -2.01. The molecule has 4 nitrogen and oxygen atoms in total. The first kappa shape index (κ1) is 13.4. The summed E-state index contributed by atoms with van der Waals surface area (Å²) in [6, 6.07) is 14.2. The quantitative estimate of drug-likeness (QED) is 0.851. The van der Waals surface area contributed by atoms with Gasteiger partial charge in [0.15, 0.2) is 6.61 Å². The van der Waals surface area contributed by atoms with Gasteiger partial charge < -0.3 is 15.8 Å². The Balaban J connectivity index is 1.84. The van der Waals surface area contributed by atoms with E-state index >= 15 is 0 Å². The van der Waals surface area contributed by atoms with E-state index in [1.807, 2.05) is 24.3 Å². The van der Waals surface area contributed by atoms with E-state index in [9.17, 15) is 4.79 Å². The van der Waals surface area contributed by atoms with Crippen LogP contribution in [0.5, 0.6) is 5.75 Å². The number of carbonyl (C=O) groups is 1. The number of nitrogen functional groups attached to an aromatic ring is 1. The summed E-state index contributed by atoms with van der Waals surface area (Å²) in [4.78, 5) is 11.7. The Kier molecular flexibility index (Phi) is 4.41. The molecular weight excluding hydrogens is 308 g/mol. The number of hydrogen-bond donors (Lipinski definition) is 2. The Morgan fingerprint density at radius 1 is 1.11 bits per heavy atom. The lowest BCUT2D eigenvalue weighted by Gasteiger charge is -2.07. The fourth-order valence-corrected chi connectivity index (χ4v) is 1.71. The van der Waals surface area contributed by atoms with E-state index in [2.05, 4.69) is 21.2 Å². The SMILES string of the molecule is Nc1ccc(OCC(=O)Nc2ccc(Br)cc2)cc1. The molecule has 19 heavy (non-hydrogen) atoms. The van der Waals surface area contributed by atoms with E-state index in [0.717, 1.165) is 10.2 Å². The van der Waals surface area contributed by atoms with Gasteiger partial charge in [-0.15, -0.1) is 0 Å². The van der Waals surface area contributed by atoms with Gasteiger partial charge in [-0.2, -0.15) is 0 Å². The maximum atomic E-state index is 11.7. The molecule has 0 aliphatic rings. The normalized spacial score (nSPS) is 9.95. The summed E-state index contributed by atoms with van der Waals surface area (Å²) in [7, 11) is 0. The Bertz CT molecular complexity index is 553. The Morgan fingerprint density at radius 2 is 1.74 bits per heavy atom. The molecular formula is C14H13BrN2O2. The summed E-state index contributed by atoms with van der Waals surface area (Å²) in [5.41, 5.74) is 6.95. The first-order valence-corrected chi connectivity index (χ1v) is 6.46. The summed E-state index contributed by atoms with van der Waals surface area (Å²) in [6.45, 7) is -0.0417. The van der Waals surface area contributed by atoms with Crippen molar-refractivity contribution in [1.82, 2.24) is 0 Å². The second kappa shape index (κ2) is 6.24. The molecule has 5 heteroatoms. The zero-order valence-corrected chi connectivity index (χ0v) is 11.7. The minimum absolute atomic E-state index is 0.0417. The van der Waals surface area contributed by atoms with Crippen LogP contribution in [-0.4, -0.2) is 12.5 Å². The number of ether oxygens (including phenoxy) is 1. The van der Waals surface area contributed by atoms with E-state index in [-0.39, 0.29) is 12.5 Å². The van der Waals surface area contributed by atoms with Crippen molar-refractivity contribution in [2.24, 2.45) is 0 Å². The van der Waals surface area contributed by atoms with Crippen molar-refractivity contribution >= 4 is 33.2 Å². The molecule has 0 saturated heterocycles. The lowest BCUT2D eigenvalue weighted by Crippen LogP contribution is -2.20. The molecule has 0 saturated carbocycles. The van der Waals surface area contributed by atoms with Gasteiger partial charge in [0, 0.05) is 15.8 Å². The second-order valence-electron chi connectivity index (χ2n) is 3.91. The van der Waals surface area contributed by atoms with Gasteiger partial charge in [0.05, 0.1) is 0 Å². The molecule has 3 N–H and O–H groups in total. The van der Waals surface area contributed by atoms with Gasteiger partial charge in [-0.1, -0.05) is 15.9 Å². The number of benzene rings is 2. The monoisotopic (exact) mass is 320 g/mol. The average Bonchev–Trinajstić information content (AvgIpc) is 2.41. The maximum Gasteiger partial charge on any atom is 0.262 e. The molecule has 2 aromatic rings. The standard InChI is InChI=1S/C14H13BrN2O2/c15-10-1-5-12(6-2-10)17-14(18)9-19-13-7-3-11(16)4-8-13/h1-8H,9,16H2,(H,17,18). The highest BCUT2D eigenvalue weighted by molar-refractivity contribution is 9.10. The zero-order chi connectivity index (χ0) is 13.7. The van der Waals surface area contributed by atoms with Crippen LogP contribution in [0, 0.1) is 0 Å². The highest BCUT2D eigenvalue weighted by atomic mass is 79.9. The lowest BCUT2D eigenvalue weighted by molar-refractivity contribution is -0.118. The van der Waals surface area contributed by atoms with Crippen molar-refractivity contribution in [2.75, 3.05) is 17.7 Å². The molecule has 0 bridgehead atoms.